The molecule has 0 radical (unpaired) electrons. The van der Waals surface area contributed by atoms with Gasteiger partial charge in [-0.1, -0.05) is 18.5 Å². The van der Waals surface area contributed by atoms with Gasteiger partial charge in [-0.05, 0) is 17.9 Å². The highest BCUT2D eigenvalue weighted by Gasteiger charge is 2.18. The zero-order chi connectivity index (χ0) is 8.55. The molecule has 1 unspecified atom stereocenters. The van der Waals surface area contributed by atoms with Crippen LogP contribution in [0.5, 0.6) is 0 Å². The standard InChI is InChI=1S/C8H9ClN2S/c1-2-6-10-5-3-4-12-7(5)8(9)11-6/h3-4,6,10H,2H2,1H3. The Labute approximate surface area is 80.3 Å². The lowest BCUT2D eigenvalue weighted by Gasteiger charge is -2.19. The molecule has 0 amide bonds. The minimum Gasteiger partial charge on any atom is -0.362 e. The van der Waals surface area contributed by atoms with Crippen LogP contribution in [0.15, 0.2) is 16.4 Å². The summed E-state index contributed by atoms with van der Waals surface area (Å²) in [4.78, 5) is 5.35. The van der Waals surface area contributed by atoms with E-state index in [0.29, 0.717) is 5.17 Å². The molecular formula is C8H9ClN2S. The van der Waals surface area contributed by atoms with E-state index in [4.69, 9.17) is 11.6 Å². The monoisotopic (exact) mass is 200 g/mol. The lowest BCUT2D eigenvalue weighted by atomic mass is 10.3. The van der Waals surface area contributed by atoms with E-state index >= 15 is 0 Å². The van der Waals surface area contributed by atoms with Gasteiger partial charge in [-0.2, -0.15) is 0 Å². The lowest BCUT2D eigenvalue weighted by molar-refractivity contribution is 0.730. The van der Waals surface area contributed by atoms with E-state index in [0.717, 1.165) is 17.0 Å². The fraction of sp³-hybridized carbons (Fsp3) is 0.375. The Morgan fingerprint density at radius 3 is 3.33 bits per heavy atom. The summed E-state index contributed by atoms with van der Waals surface area (Å²) < 4.78 is 0. The molecular weight excluding hydrogens is 192 g/mol. The number of hydrogen-bond donors (Lipinski definition) is 1. The number of nitrogens with zero attached hydrogens (tertiary/aromatic N) is 1. The number of rotatable bonds is 1. The number of hydrogen-bond acceptors (Lipinski definition) is 3. The summed E-state index contributed by atoms with van der Waals surface area (Å²) >= 11 is 7.60. The predicted molar refractivity (Wildman–Crippen MR) is 54.4 cm³/mol. The van der Waals surface area contributed by atoms with E-state index in [9.17, 15) is 0 Å². The largest absolute Gasteiger partial charge is 0.362 e. The minimum absolute atomic E-state index is 0.152. The highest BCUT2D eigenvalue weighted by molar-refractivity contribution is 7.14. The van der Waals surface area contributed by atoms with Crippen LogP contribution in [0.2, 0.25) is 0 Å². The van der Waals surface area contributed by atoms with Gasteiger partial charge in [0, 0.05) is 0 Å². The summed E-state index contributed by atoms with van der Waals surface area (Å²) in [5.41, 5.74) is 1.12. The van der Waals surface area contributed by atoms with Gasteiger partial charge in [0.25, 0.3) is 0 Å². The fourth-order valence-corrected chi connectivity index (χ4v) is 2.28. The third kappa shape index (κ3) is 1.23. The van der Waals surface area contributed by atoms with Crippen molar-refractivity contribution in [2.45, 2.75) is 19.5 Å². The zero-order valence-corrected chi connectivity index (χ0v) is 8.25. The summed E-state index contributed by atoms with van der Waals surface area (Å²) in [7, 11) is 0. The van der Waals surface area contributed by atoms with E-state index < -0.39 is 0 Å². The molecule has 4 heteroatoms. The average molecular weight is 201 g/mol. The van der Waals surface area contributed by atoms with Gasteiger partial charge < -0.3 is 5.32 Å². The van der Waals surface area contributed by atoms with Crippen molar-refractivity contribution >= 4 is 33.8 Å². The van der Waals surface area contributed by atoms with Crippen LogP contribution >= 0.6 is 22.9 Å². The second-order valence-corrected chi connectivity index (χ2v) is 3.93. The maximum atomic E-state index is 5.98. The van der Waals surface area contributed by atoms with Gasteiger partial charge in [-0.3, -0.25) is 0 Å². The van der Waals surface area contributed by atoms with Crippen molar-refractivity contribution in [1.29, 1.82) is 0 Å². The highest BCUT2D eigenvalue weighted by atomic mass is 35.5. The summed E-state index contributed by atoms with van der Waals surface area (Å²) in [5.74, 6) is 0. The first-order valence-corrected chi connectivity index (χ1v) is 5.14. The average Bonchev–Trinajstić information content (AvgIpc) is 2.52. The van der Waals surface area contributed by atoms with E-state index in [1.165, 1.54) is 0 Å². The van der Waals surface area contributed by atoms with E-state index in [-0.39, 0.29) is 6.17 Å². The molecule has 1 N–H and O–H groups in total. The third-order valence-corrected chi connectivity index (χ3v) is 3.15. The Morgan fingerprint density at radius 2 is 2.58 bits per heavy atom. The molecule has 1 aliphatic rings. The minimum atomic E-state index is 0.152. The van der Waals surface area contributed by atoms with Crippen LogP contribution in [0.3, 0.4) is 0 Å². The van der Waals surface area contributed by atoms with Gasteiger partial charge in [0.2, 0.25) is 0 Å². The molecule has 0 aromatic carbocycles. The van der Waals surface area contributed by atoms with Crippen molar-refractivity contribution < 1.29 is 0 Å². The van der Waals surface area contributed by atoms with E-state index in [1.807, 2.05) is 11.4 Å². The van der Waals surface area contributed by atoms with Gasteiger partial charge in [0.05, 0.1) is 10.6 Å². The molecule has 1 aromatic rings. The summed E-state index contributed by atoms with van der Waals surface area (Å²) in [6.07, 6.45) is 1.12. The quantitative estimate of drug-likeness (QED) is 0.741. The first kappa shape index (κ1) is 8.08. The molecule has 12 heavy (non-hydrogen) atoms. The Hall–Kier alpha value is -0.540. The fourth-order valence-electron chi connectivity index (χ4n) is 1.18. The van der Waals surface area contributed by atoms with Crippen molar-refractivity contribution in [3.8, 4) is 0 Å². The van der Waals surface area contributed by atoms with Crippen LogP contribution in [0.1, 0.15) is 18.2 Å². The van der Waals surface area contributed by atoms with Crippen molar-refractivity contribution in [1.82, 2.24) is 0 Å². The lowest BCUT2D eigenvalue weighted by Crippen LogP contribution is -2.21. The van der Waals surface area contributed by atoms with Gasteiger partial charge in [-0.15, -0.1) is 11.3 Å². The van der Waals surface area contributed by atoms with E-state index in [2.05, 4.69) is 17.2 Å². The molecule has 1 aliphatic heterocycles. The number of nitrogens with one attached hydrogen (secondary N) is 1. The molecule has 0 bridgehead atoms. The topological polar surface area (TPSA) is 24.4 Å². The molecule has 0 aliphatic carbocycles. The van der Waals surface area contributed by atoms with Gasteiger partial charge >= 0.3 is 0 Å². The Balaban J connectivity index is 2.38. The molecule has 0 spiro atoms. The van der Waals surface area contributed by atoms with Gasteiger partial charge in [-0.25, -0.2) is 4.99 Å². The maximum absolute atomic E-state index is 5.98. The Morgan fingerprint density at radius 1 is 1.75 bits per heavy atom. The van der Waals surface area contributed by atoms with Crippen LogP contribution in [-0.2, 0) is 0 Å². The van der Waals surface area contributed by atoms with Crippen LogP contribution in [0, 0.1) is 0 Å². The predicted octanol–water partition coefficient (Wildman–Crippen LogP) is 2.90. The SMILES string of the molecule is CCC1N=C(Cl)c2sccc2N1. The van der Waals surface area contributed by atoms with Gasteiger partial charge in [0.1, 0.15) is 11.3 Å². The smallest absolute Gasteiger partial charge is 0.145 e. The molecule has 2 rings (SSSR count). The summed E-state index contributed by atoms with van der Waals surface area (Å²) in [5, 5.41) is 5.96. The maximum Gasteiger partial charge on any atom is 0.145 e. The van der Waals surface area contributed by atoms with Crippen molar-refractivity contribution in [3.05, 3.63) is 16.3 Å². The van der Waals surface area contributed by atoms with Crippen LogP contribution < -0.4 is 5.32 Å². The first-order chi connectivity index (χ1) is 5.81. The van der Waals surface area contributed by atoms with Crippen LogP contribution in [0.25, 0.3) is 0 Å². The Kier molecular flexibility index (Phi) is 2.07. The first-order valence-electron chi connectivity index (χ1n) is 3.89. The molecule has 64 valence electrons. The molecule has 0 fully saturated rings. The third-order valence-electron chi connectivity index (χ3n) is 1.83. The number of anilines is 1. The van der Waals surface area contributed by atoms with Crippen LogP contribution in [-0.4, -0.2) is 11.3 Å². The second-order valence-electron chi connectivity index (χ2n) is 2.65. The number of aliphatic imine (C=N–C) groups is 1. The van der Waals surface area contributed by atoms with Crippen molar-refractivity contribution in [2.75, 3.05) is 5.32 Å². The van der Waals surface area contributed by atoms with Gasteiger partial charge in [0.15, 0.2) is 0 Å². The van der Waals surface area contributed by atoms with Crippen molar-refractivity contribution in [3.63, 3.8) is 0 Å². The molecule has 0 saturated heterocycles. The van der Waals surface area contributed by atoms with Crippen molar-refractivity contribution in [2.24, 2.45) is 4.99 Å². The second kappa shape index (κ2) is 3.07. The molecule has 1 aromatic heterocycles. The number of halogens is 1. The summed E-state index contributed by atoms with van der Waals surface area (Å²) in [6.45, 7) is 2.09. The highest BCUT2D eigenvalue weighted by Crippen LogP contribution is 2.29. The molecule has 2 heterocycles. The number of thiophene rings is 1. The normalized spacial score (nSPS) is 21.2. The number of fused-ring (bicyclic) bond motifs is 1. The van der Waals surface area contributed by atoms with E-state index in [1.54, 1.807) is 11.3 Å². The van der Waals surface area contributed by atoms with Crippen LogP contribution in [0.4, 0.5) is 5.69 Å². The molecule has 1 atom stereocenters. The molecule has 0 saturated carbocycles. The Bertz CT molecular complexity index is 319. The zero-order valence-electron chi connectivity index (χ0n) is 6.67. The summed E-state index contributed by atoms with van der Waals surface area (Å²) in [6, 6.07) is 2.04. The molecule has 2 nitrogen and oxygen atoms in total.